The quantitative estimate of drug-likeness (QED) is 0.322. The molecule has 0 unspecified atom stereocenters. The van der Waals surface area contributed by atoms with Gasteiger partial charge in [-0.1, -0.05) is 62.4 Å². The topological polar surface area (TPSA) is 52.8 Å². The fraction of sp³-hybridized carbons (Fsp3) is 0.269. The summed E-state index contributed by atoms with van der Waals surface area (Å²) in [7, 11) is 1.54. The molecule has 0 spiro atoms. The highest BCUT2D eigenvalue weighted by molar-refractivity contribution is 5.61. The molecule has 0 N–H and O–H groups in total. The van der Waals surface area contributed by atoms with Crippen LogP contribution in [0, 0.1) is 6.92 Å². The van der Waals surface area contributed by atoms with Crippen molar-refractivity contribution in [2.75, 3.05) is 0 Å². The van der Waals surface area contributed by atoms with E-state index < -0.39 is 11.9 Å². The molecule has 0 fully saturated rings. The monoisotopic (exact) mass is 466 g/mol. The van der Waals surface area contributed by atoms with Crippen LogP contribution < -0.4 is 4.74 Å². The Morgan fingerprint density at radius 2 is 1.71 bits per heavy atom. The number of benzene rings is 2. The van der Waals surface area contributed by atoms with E-state index in [2.05, 4.69) is 34.9 Å². The second kappa shape index (κ2) is 9.29. The molecule has 0 aliphatic rings. The van der Waals surface area contributed by atoms with Crippen molar-refractivity contribution in [1.29, 1.82) is 0 Å². The van der Waals surface area contributed by atoms with E-state index in [1.54, 1.807) is 25.4 Å². The number of hydrogen-bond acceptors (Lipinski definition) is 4. The number of aromatic nitrogens is 4. The molecule has 0 saturated carbocycles. The Kier molecular flexibility index (Phi) is 6.41. The molecule has 0 bridgehead atoms. The Labute approximate surface area is 196 Å². The lowest BCUT2D eigenvalue weighted by atomic mass is 9.97. The van der Waals surface area contributed by atoms with E-state index in [9.17, 15) is 13.2 Å². The molecule has 5 nitrogen and oxygen atoms in total. The van der Waals surface area contributed by atoms with Gasteiger partial charge in [0.2, 0.25) is 5.88 Å². The molecule has 4 aromatic rings. The largest absolute Gasteiger partial charge is 0.473 e. The smallest absolute Gasteiger partial charge is 0.434 e. The van der Waals surface area contributed by atoms with Crippen molar-refractivity contribution < 1.29 is 17.9 Å². The molecule has 0 saturated heterocycles. The molecule has 8 heteroatoms. The van der Waals surface area contributed by atoms with Gasteiger partial charge in [-0.05, 0) is 24.0 Å². The summed E-state index contributed by atoms with van der Waals surface area (Å²) in [6, 6.07) is 15.1. The van der Waals surface area contributed by atoms with Crippen molar-refractivity contribution in [3.8, 4) is 28.7 Å². The maximum atomic E-state index is 13.0. The van der Waals surface area contributed by atoms with Gasteiger partial charge in [0.05, 0.1) is 0 Å². The van der Waals surface area contributed by atoms with Crippen LogP contribution >= 0.6 is 0 Å². The summed E-state index contributed by atoms with van der Waals surface area (Å²) >= 11 is 0. The van der Waals surface area contributed by atoms with Crippen molar-refractivity contribution in [2.45, 2.75) is 39.5 Å². The third kappa shape index (κ3) is 4.95. The van der Waals surface area contributed by atoms with Crippen LogP contribution in [0.15, 0.2) is 60.9 Å². The minimum absolute atomic E-state index is 0.250. The SMILES string of the molecule is Cc1cnc(-c2ccccc2C(C)C)nc1OCc1ccc(-c2nc(C(F)(F)F)cn2C)cc1. The molecule has 0 aliphatic carbocycles. The molecule has 0 aliphatic heterocycles. The average Bonchev–Trinajstić information content (AvgIpc) is 3.21. The molecule has 2 aromatic heterocycles. The van der Waals surface area contributed by atoms with Gasteiger partial charge in [-0.3, -0.25) is 0 Å². The molecule has 0 radical (unpaired) electrons. The van der Waals surface area contributed by atoms with Gasteiger partial charge < -0.3 is 9.30 Å². The van der Waals surface area contributed by atoms with Crippen LogP contribution in [0.2, 0.25) is 0 Å². The maximum absolute atomic E-state index is 13.0. The van der Waals surface area contributed by atoms with Crippen LogP contribution in [0.3, 0.4) is 0 Å². The zero-order valence-corrected chi connectivity index (χ0v) is 19.4. The van der Waals surface area contributed by atoms with Crippen LogP contribution in [-0.4, -0.2) is 19.5 Å². The highest BCUT2D eigenvalue weighted by Crippen LogP contribution is 2.31. The number of halogens is 3. The van der Waals surface area contributed by atoms with E-state index in [1.807, 2.05) is 37.3 Å². The standard InChI is InChI=1S/C26H25F3N4O/c1-16(2)20-7-5-6-8-21(20)23-30-13-17(3)25(32-23)34-15-18-9-11-19(12-10-18)24-31-22(14-33(24)4)26(27,28)29/h5-14,16H,15H2,1-4H3. The van der Waals surface area contributed by atoms with E-state index >= 15 is 0 Å². The molecular formula is C26H25F3N4O. The van der Waals surface area contributed by atoms with Crippen molar-refractivity contribution in [2.24, 2.45) is 7.05 Å². The van der Waals surface area contributed by atoms with Gasteiger partial charge in [-0.25, -0.2) is 9.97 Å². The number of imidazole rings is 1. The van der Waals surface area contributed by atoms with Crippen molar-refractivity contribution in [3.63, 3.8) is 0 Å². The number of ether oxygens (including phenoxy) is 1. The summed E-state index contributed by atoms with van der Waals surface area (Å²) in [5.74, 6) is 1.68. The molecule has 4 rings (SSSR count). The third-order valence-electron chi connectivity index (χ3n) is 5.50. The van der Waals surface area contributed by atoms with E-state index in [0.29, 0.717) is 23.2 Å². The minimum Gasteiger partial charge on any atom is -0.473 e. The highest BCUT2D eigenvalue weighted by Gasteiger charge is 2.34. The van der Waals surface area contributed by atoms with Crippen LogP contribution in [0.1, 0.15) is 42.1 Å². The van der Waals surface area contributed by atoms with Gasteiger partial charge in [-0.15, -0.1) is 0 Å². The van der Waals surface area contributed by atoms with Crippen molar-refractivity contribution >= 4 is 0 Å². The molecule has 2 aromatic carbocycles. The normalized spacial score (nSPS) is 11.8. The lowest BCUT2D eigenvalue weighted by Gasteiger charge is -2.13. The number of aryl methyl sites for hydroxylation is 2. The van der Waals surface area contributed by atoms with Gasteiger partial charge in [0, 0.05) is 36.1 Å². The number of nitrogens with zero attached hydrogens (tertiary/aromatic N) is 4. The van der Waals surface area contributed by atoms with E-state index in [-0.39, 0.29) is 12.4 Å². The fourth-order valence-electron chi connectivity index (χ4n) is 3.68. The lowest BCUT2D eigenvalue weighted by Crippen LogP contribution is -2.04. The number of rotatable bonds is 6. The molecule has 0 amide bonds. The molecule has 2 heterocycles. The Morgan fingerprint density at radius 3 is 2.35 bits per heavy atom. The van der Waals surface area contributed by atoms with E-state index in [1.165, 1.54) is 4.57 Å². The Balaban J connectivity index is 1.52. The second-order valence-corrected chi connectivity index (χ2v) is 8.47. The molecule has 0 atom stereocenters. The molecule has 176 valence electrons. The first-order chi connectivity index (χ1) is 16.1. The van der Waals surface area contributed by atoms with Gasteiger partial charge in [-0.2, -0.15) is 18.2 Å². The summed E-state index contributed by atoms with van der Waals surface area (Å²) < 4.78 is 46.2. The van der Waals surface area contributed by atoms with E-state index in [0.717, 1.165) is 28.5 Å². The predicted molar refractivity (Wildman–Crippen MR) is 124 cm³/mol. The first kappa shape index (κ1) is 23.5. The van der Waals surface area contributed by atoms with Gasteiger partial charge in [0.15, 0.2) is 11.5 Å². The Morgan fingerprint density at radius 1 is 1.00 bits per heavy atom. The Hall–Kier alpha value is -3.68. The molecular weight excluding hydrogens is 441 g/mol. The Bertz CT molecular complexity index is 1290. The van der Waals surface area contributed by atoms with Gasteiger partial charge in [0.1, 0.15) is 12.4 Å². The number of hydrogen-bond donors (Lipinski definition) is 0. The summed E-state index contributed by atoms with van der Waals surface area (Å²) in [6.07, 6.45) is -1.75. The van der Waals surface area contributed by atoms with Crippen LogP contribution in [-0.2, 0) is 19.8 Å². The first-order valence-corrected chi connectivity index (χ1v) is 10.9. The van der Waals surface area contributed by atoms with Gasteiger partial charge in [0.25, 0.3) is 0 Å². The number of alkyl halides is 3. The lowest BCUT2D eigenvalue weighted by molar-refractivity contribution is -0.140. The minimum atomic E-state index is -4.48. The highest BCUT2D eigenvalue weighted by atomic mass is 19.4. The van der Waals surface area contributed by atoms with Crippen LogP contribution in [0.4, 0.5) is 13.2 Å². The summed E-state index contributed by atoms with van der Waals surface area (Å²) in [6.45, 7) is 6.40. The van der Waals surface area contributed by atoms with Gasteiger partial charge >= 0.3 is 6.18 Å². The predicted octanol–water partition coefficient (Wildman–Crippen LogP) is 6.57. The van der Waals surface area contributed by atoms with Crippen LogP contribution in [0.25, 0.3) is 22.8 Å². The summed E-state index contributed by atoms with van der Waals surface area (Å²) in [5.41, 5.74) is 3.49. The fourth-order valence-corrected chi connectivity index (χ4v) is 3.68. The van der Waals surface area contributed by atoms with Crippen molar-refractivity contribution in [3.05, 3.63) is 83.3 Å². The molecule has 34 heavy (non-hydrogen) atoms. The van der Waals surface area contributed by atoms with E-state index in [4.69, 9.17) is 4.74 Å². The zero-order chi connectivity index (χ0) is 24.5. The summed E-state index contributed by atoms with van der Waals surface area (Å²) in [4.78, 5) is 12.9. The second-order valence-electron chi connectivity index (χ2n) is 8.47. The summed E-state index contributed by atoms with van der Waals surface area (Å²) in [5, 5.41) is 0. The third-order valence-corrected chi connectivity index (χ3v) is 5.50. The zero-order valence-electron chi connectivity index (χ0n) is 19.4. The van der Waals surface area contributed by atoms with Crippen LogP contribution in [0.5, 0.6) is 5.88 Å². The average molecular weight is 467 g/mol. The maximum Gasteiger partial charge on any atom is 0.434 e. The van der Waals surface area contributed by atoms with Crippen molar-refractivity contribution in [1.82, 2.24) is 19.5 Å². The first-order valence-electron chi connectivity index (χ1n) is 10.9.